The van der Waals surface area contributed by atoms with Gasteiger partial charge in [0.25, 0.3) is 5.91 Å². The Labute approximate surface area is 139 Å². The number of nitrogens with one attached hydrogen (secondary N) is 1. The zero-order valence-electron chi connectivity index (χ0n) is 13.1. The molecule has 0 aliphatic heterocycles. The van der Waals surface area contributed by atoms with Crippen molar-refractivity contribution >= 4 is 34.2 Å². The third kappa shape index (κ3) is 2.78. The molecular formula is C18H16ClNO3. The highest BCUT2D eigenvalue weighted by Gasteiger charge is 2.19. The Morgan fingerprint density at radius 2 is 1.96 bits per heavy atom. The number of methoxy groups -OCH3 is 1. The molecule has 4 nitrogen and oxygen atoms in total. The largest absolute Gasteiger partial charge is 0.495 e. The highest BCUT2D eigenvalue weighted by atomic mass is 35.5. The van der Waals surface area contributed by atoms with Crippen molar-refractivity contribution in [2.24, 2.45) is 0 Å². The molecule has 0 fully saturated rings. The van der Waals surface area contributed by atoms with Crippen molar-refractivity contribution in [1.82, 2.24) is 0 Å². The van der Waals surface area contributed by atoms with Gasteiger partial charge in [-0.15, -0.1) is 0 Å². The first-order chi connectivity index (χ1) is 11.0. The van der Waals surface area contributed by atoms with Crippen molar-refractivity contribution in [2.75, 3.05) is 12.4 Å². The van der Waals surface area contributed by atoms with Gasteiger partial charge in [-0.05, 0) is 31.5 Å². The molecule has 0 unspecified atom stereocenters. The van der Waals surface area contributed by atoms with Crippen molar-refractivity contribution in [1.29, 1.82) is 0 Å². The van der Waals surface area contributed by atoms with Crippen molar-refractivity contribution in [3.05, 3.63) is 58.3 Å². The minimum atomic E-state index is -0.321. The average molecular weight is 330 g/mol. The second-order valence-corrected chi connectivity index (χ2v) is 5.72. The summed E-state index contributed by atoms with van der Waals surface area (Å²) >= 11 is 6.09. The van der Waals surface area contributed by atoms with Crippen LogP contribution in [0.15, 0.2) is 40.8 Å². The van der Waals surface area contributed by atoms with E-state index in [-0.39, 0.29) is 5.91 Å². The van der Waals surface area contributed by atoms with Crippen LogP contribution in [-0.4, -0.2) is 13.0 Å². The number of ether oxygens (including phenoxy) is 1. The van der Waals surface area contributed by atoms with Crippen LogP contribution in [0.1, 0.15) is 21.7 Å². The highest BCUT2D eigenvalue weighted by molar-refractivity contribution is 6.31. The number of para-hydroxylation sites is 1. The molecule has 0 aliphatic carbocycles. The summed E-state index contributed by atoms with van der Waals surface area (Å²) in [6.45, 7) is 3.73. The standard InChI is InChI=1S/C18H16ClNO3/c1-10-8-14(16(22-3)9-13(10)19)20-18(21)17-11(2)12-6-4-5-7-15(12)23-17/h4-9H,1-3H3,(H,20,21). The van der Waals surface area contributed by atoms with Crippen LogP contribution in [0.4, 0.5) is 5.69 Å². The normalized spacial score (nSPS) is 10.8. The Bertz CT molecular complexity index is 899. The van der Waals surface area contributed by atoms with Gasteiger partial charge in [0.1, 0.15) is 11.3 Å². The molecule has 1 amide bonds. The Balaban J connectivity index is 1.98. The van der Waals surface area contributed by atoms with Gasteiger partial charge < -0.3 is 14.5 Å². The fourth-order valence-electron chi connectivity index (χ4n) is 2.50. The van der Waals surface area contributed by atoms with E-state index >= 15 is 0 Å². The number of anilines is 1. The number of halogens is 1. The smallest absolute Gasteiger partial charge is 0.291 e. The van der Waals surface area contributed by atoms with Gasteiger partial charge in [-0.3, -0.25) is 4.79 Å². The summed E-state index contributed by atoms with van der Waals surface area (Å²) in [7, 11) is 1.53. The molecular weight excluding hydrogens is 314 g/mol. The van der Waals surface area contributed by atoms with E-state index in [4.69, 9.17) is 20.8 Å². The van der Waals surface area contributed by atoms with Crippen LogP contribution in [0.2, 0.25) is 5.02 Å². The van der Waals surface area contributed by atoms with Gasteiger partial charge in [0, 0.05) is 22.0 Å². The van der Waals surface area contributed by atoms with Crippen molar-refractivity contribution in [3.63, 3.8) is 0 Å². The quantitative estimate of drug-likeness (QED) is 0.738. The molecule has 2 aromatic carbocycles. The predicted molar refractivity (Wildman–Crippen MR) is 91.6 cm³/mol. The van der Waals surface area contributed by atoms with Crippen LogP contribution < -0.4 is 10.1 Å². The number of hydrogen-bond acceptors (Lipinski definition) is 3. The SMILES string of the molecule is COc1cc(Cl)c(C)cc1NC(=O)c1oc2ccccc2c1C. The molecule has 5 heteroatoms. The Hall–Kier alpha value is -2.46. The molecule has 1 N–H and O–H groups in total. The first kappa shape index (κ1) is 15.4. The second kappa shape index (κ2) is 5.97. The summed E-state index contributed by atoms with van der Waals surface area (Å²) in [6, 6.07) is 11.0. The fourth-order valence-corrected chi connectivity index (χ4v) is 2.65. The van der Waals surface area contributed by atoms with E-state index in [0.29, 0.717) is 27.8 Å². The third-order valence-corrected chi connectivity index (χ3v) is 4.19. The Morgan fingerprint density at radius 3 is 2.65 bits per heavy atom. The van der Waals surface area contributed by atoms with E-state index in [0.717, 1.165) is 16.5 Å². The summed E-state index contributed by atoms with van der Waals surface area (Å²) < 4.78 is 11.0. The van der Waals surface area contributed by atoms with Crippen molar-refractivity contribution in [3.8, 4) is 5.75 Å². The number of fused-ring (bicyclic) bond motifs is 1. The van der Waals surface area contributed by atoms with Crippen LogP contribution in [0.5, 0.6) is 5.75 Å². The summed E-state index contributed by atoms with van der Waals surface area (Å²) in [6.07, 6.45) is 0. The summed E-state index contributed by atoms with van der Waals surface area (Å²) in [5.41, 5.74) is 2.90. The minimum absolute atomic E-state index is 0.292. The lowest BCUT2D eigenvalue weighted by Gasteiger charge is -2.11. The molecule has 3 aromatic rings. The maximum Gasteiger partial charge on any atom is 0.291 e. The number of carbonyl (C=O) groups is 1. The van der Waals surface area contributed by atoms with Gasteiger partial charge in [0.05, 0.1) is 12.8 Å². The number of rotatable bonds is 3. The van der Waals surface area contributed by atoms with Gasteiger partial charge in [0.2, 0.25) is 0 Å². The predicted octanol–water partition coefficient (Wildman–Crippen LogP) is 4.96. The number of furan rings is 1. The fraction of sp³-hybridized carbons (Fsp3) is 0.167. The van der Waals surface area contributed by atoms with Crippen LogP contribution >= 0.6 is 11.6 Å². The number of hydrogen-bond donors (Lipinski definition) is 1. The molecule has 1 heterocycles. The lowest BCUT2D eigenvalue weighted by atomic mass is 10.1. The maximum absolute atomic E-state index is 12.6. The van der Waals surface area contributed by atoms with Crippen LogP contribution in [-0.2, 0) is 0 Å². The van der Waals surface area contributed by atoms with Crippen LogP contribution in [0.25, 0.3) is 11.0 Å². The molecule has 0 atom stereocenters. The van der Waals surface area contributed by atoms with E-state index < -0.39 is 0 Å². The van der Waals surface area contributed by atoms with Crippen molar-refractivity contribution in [2.45, 2.75) is 13.8 Å². The van der Waals surface area contributed by atoms with Gasteiger partial charge in [0.15, 0.2) is 5.76 Å². The minimum Gasteiger partial charge on any atom is -0.495 e. The summed E-state index contributed by atoms with van der Waals surface area (Å²) in [5, 5.41) is 4.34. The molecule has 1 aromatic heterocycles. The molecule has 0 radical (unpaired) electrons. The number of benzene rings is 2. The van der Waals surface area contributed by atoms with Gasteiger partial charge in [-0.2, -0.15) is 0 Å². The van der Waals surface area contributed by atoms with E-state index in [1.165, 1.54) is 7.11 Å². The van der Waals surface area contributed by atoms with E-state index in [2.05, 4.69) is 5.32 Å². The van der Waals surface area contributed by atoms with Crippen LogP contribution in [0.3, 0.4) is 0 Å². The molecule has 23 heavy (non-hydrogen) atoms. The van der Waals surface area contributed by atoms with E-state index in [1.54, 1.807) is 12.1 Å². The number of aryl methyl sites for hydroxylation is 2. The zero-order valence-corrected chi connectivity index (χ0v) is 13.8. The van der Waals surface area contributed by atoms with Gasteiger partial charge in [-0.1, -0.05) is 29.8 Å². The lowest BCUT2D eigenvalue weighted by molar-refractivity contribution is 0.0997. The van der Waals surface area contributed by atoms with E-state index in [9.17, 15) is 4.79 Å². The third-order valence-electron chi connectivity index (χ3n) is 3.78. The second-order valence-electron chi connectivity index (χ2n) is 5.31. The van der Waals surface area contributed by atoms with Crippen LogP contribution in [0, 0.1) is 13.8 Å². The first-order valence-corrected chi connectivity index (χ1v) is 7.52. The topological polar surface area (TPSA) is 51.5 Å². The summed E-state index contributed by atoms with van der Waals surface area (Å²) in [5.74, 6) is 0.474. The molecule has 0 spiro atoms. The highest BCUT2D eigenvalue weighted by Crippen LogP contribution is 2.32. The summed E-state index contributed by atoms with van der Waals surface area (Å²) in [4.78, 5) is 12.6. The first-order valence-electron chi connectivity index (χ1n) is 7.15. The van der Waals surface area contributed by atoms with Gasteiger partial charge >= 0.3 is 0 Å². The molecule has 0 saturated carbocycles. The monoisotopic (exact) mass is 329 g/mol. The maximum atomic E-state index is 12.6. The zero-order chi connectivity index (χ0) is 16.6. The molecule has 0 bridgehead atoms. The lowest BCUT2D eigenvalue weighted by Crippen LogP contribution is -2.13. The van der Waals surface area contributed by atoms with E-state index in [1.807, 2.05) is 38.1 Å². The average Bonchev–Trinajstić information content (AvgIpc) is 2.88. The Kier molecular flexibility index (Phi) is 4.01. The number of amides is 1. The van der Waals surface area contributed by atoms with Gasteiger partial charge in [-0.25, -0.2) is 0 Å². The molecule has 118 valence electrons. The van der Waals surface area contributed by atoms with Crippen molar-refractivity contribution < 1.29 is 13.9 Å². The Morgan fingerprint density at radius 1 is 1.22 bits per heavy atom. The molecule has 3 rings (SSSR count). The molecule has 0 aliphatic rings. The number of carbonyl (C=O) groups excluding carboxylic acids is 1. The molecule has 0 saturated heterocycles.